The average Bonchev–Trinajstić information content (AvgIpc) is 3.68. The van der Waals surface area contributed by atoms with Gasteiger partial charge < -0.3 is 14.2 Å². The minimum atomic E-state index is -3.89. The Morgan fingerprint density at radius 1 is 1.00 bits per heavy atom. The molecule has 0 bridgehead atoms. The Morgan fingerprint density at radius 2 is 1.71 bits per heavy atom. The maximum absolute atomic E-state index is 13.7. The summed E-state index contributed by atoms with van der Waals surface area (Å²) in [7, 11) is -2.31. The number of carbonyl (C=O) groups is 1. The van der Waals surface area contributed by atoms with Crippen LogP contribution >= 0.6 is 23.2 Å². The van der Waals surface area contributed by atoms with E-state index in [2.05, 4.69) is 4.98 Å². The lowest BCUT2D eigenvalue weighted by Gasteiger charge is -2.26. The topological polar surface area (TPSA) is 95.0 Å². The van der Waals surface area contributed by atoms with E-state index in [9.17, 15) is 13.2 Å². The number of ether oxygens (including phenoxy) is 3. The minimum absolute atomic E-state index is 0.0828. The zero-order valence-electron chi connectivity index (χ0n) is 22.7. The largest absolute Gasteiger partial charge is 0.493 e. The molecule has 0 spiro atoms. The first kappa shape index (κ1) is 29.6. The van der Waals surface area contributed by atoms with Gasteiger partial charge in [-0.2, -0.15) is 4.31 Å². The van der Waals surface area contributed by atoms with Crippen LogP contribution < -0.4 is 9.47 Å². The number of hydrogen-bond donors (Lipinski definition) is 0. The lowest BCUT2D eigenvalue weighted by atomic mass is 10.0. The minimum Gasteiger partial charge on any atom is -0.493 e. The number of methoxy groups -OCH3 is 1. The fourth-order valence-corrected chi connectivity index (χ4v) is 7.61. The second kappa shape index (κ2) is 13.0. The summed E-state index contributed by atoms with van der Waals surface area (Å²) >= 11 is 12.9. The summed E-state index contributed by atoms with van der Waals surface area (Å²) in [6.45, 7) is 0.228. The first-order valence-electron chi connectivity index (χ1n) is 13.7. The molecule has 1 saturated heterocycles. The molecule has 0 amide bonds. The summed E-state index contributed by atoms with van der Waals surface area (Å²) in [5.74, 6) is 0.489. The van der Waals surface area contributed by atoms with Gasteiger partial charge in [-0.05, 0) is 73.9 Å². The highest BCUT2D eigenvalue weighted by Crippen LogP contribution is 2.38. The van der Waals surface area contributed by atoms with E-state index in [1.807, 2.05) is 6.07 Å². The molecular weight excluding hydrogens is 587 g/mol. The molecule has 1 saturated carbocycles. The van der Waals surface area contributed by atoms with Crippen LogP contribution in [0, 0.1) is 0 Å². The molecule has 2 aromatic carbocycles. The molecule has 8 nitrogen and oxygen atoms in total. The van der Waals surface area contributed by atoms with Crippen LogP contribution in [0.5, 0.6) is 11.5 Å². The van der Waals surface area contributed by atoms with Crippen molar-refractivity contribution in [2.24, 2.45) is 0 Å². The van der Waals surface area contributed by atoms with Crippen molar-refractivity contribution in [3.8, 4) is 11.5 Å². The summed E-state index contributed by atoms with van der Waals surface area (Å²) in [4.78, 5) is 17.9. The number of hydrogen-bond acceptors (Lipinski definition) is 7. The number of halogens is 2. The average molecular weight is 620 g/mol. The van der Waals surface area contributed by atoms with Crippen LogP contribution in [0.1, 0.15) is 55.8 Å². The summed E-state index contributed by atoms with van der Waals surface area (Å²) in [5, 5.41) is 0.673. The molecule has 218 valence electrons. The third kappa shape index (κ3) is 6.64. The number of sulfonamides is 1. The Morgan fingerprint density at radius 3 is 2.39 bits per heavy atom. The van der Waals surface area contributed by atoms with Gasteiger partial charge in [0.2, 0.25) is 10.0 Å². The highest BCUT2D eigenvalue weighted by molar-refractivity contribution is 7.89. The van der Waals surface area contributed by atoms with Crippen molar-refractivity contribution in [1.82, 2.24) is 9.29 Å². The lowest BCUT2D eigenvalue weighted by Crippen LogP contribution is -2.41. The summed E-state index contributed by atoms with van der Waals surface area (Å²) < 4.78 is 46.0. The monoisotopic (exact) mass is 618 g/mol. The predicted octanol–water partition coefficient (Wildman–Crippen LogP) is 6.40. The number of nitrogens with zero attached hydrogens (tertiary/aromatic N) is 2. The molecule has 2 aliphatic rings. The van der Waals surface area contributed by atoms with Crippen molar-refractivity contribution in [3.05, 3.63) is 82.1 Å². The Kier molecular flexibility index (Phi) is 9.38. The van der Waals surface area contributed by atoms with Gasteiger partial charge in [-0.25, -0.2) is 8.42 Å². The second-order valence-electron chi connectivity index (χ2n) is 10.2. The van der Waals surface area contributed by atoms with Crippen LogP contribution in [-0.2, 0) is 26.0 Å². The summed E-state index contributed by atoms with van der Waals surface area (Å²) in [6, 6.07) is 12.5. The lowest BCUT2D eigenvalue weighted by molar-refractivity contribution is -0.153. The van der Waals surface area contributed by atoms with Crippen LogP contribution in [0.25, 0.3) is 0 Å². The highest BCUT2D eigenvalue weighted by Gasteiger charge is 2.41. The van der Waals surface area contributed by atoms with Crippen LogP contribution in [-0.4, -0.2) is 49.5 Å². The normalized spacial score (nSPS) is 18.8. The van der Waals surface area contributed by atoms with Crippen molar-refractivity contribution in [3.63, 3.8) is 0 Å². The van der Waals surface area contributed by atoms with Gasteiger partial charge in [-0.15, -0.1) is 0 Å². The van der Waals surface area contributed by atoms with Gasteiger partial charge in [0.05, 0.1) is 28.2 Å². The Bertz CT molecular complexity index is 1460. The number of rotatable bonds is 10. The molecule has 3 aromatic rings. The van der Waals surface area contributed by atoms with Gasteiger partial charge in [0.15, 0.2) is 11.5 Å². The maximum Gasteiger partial charge on any atom is 0.325 e. The molecule has 1 aliphatic carbocycles. The van der Waals surface area contributed by atoms with E-state index in [1.54, 1.807) is 37.4 Å². The van der Waals surface area contributed by atoms with E-state index >= 15 is 0 Å². The van der Waals surface area contributed by atoms with E-state index < -0.39 is 28.1 Å². The third-order valence-electron chi connectivity index (χ3n) is 7.58. The molecule has 2 atom stereocenters. The van der Waals surface area contributed by atoms with Crippen LogP contribution in [0.4, 0.5) is 0 Å². The Balaban J connectivity index is 1.46. The first-order chi connectivity index (χ1) is 19.8. The van der Waals surface area contributed by atoms with Gasteiger partial charge in [0.25, 0.3) is 0 Å². The highest BCUT2D eigenvalue weighted by atomic mass is 35.5. The Hall–Kier alpha value is -2.85. The zero-order chi connectivity index (χ0) is 29.0. The van der Waals surface area contributed by atoms with E-state index in [0.29, 0.717) is 45.5 Å². The van der Waals surface area contributed by atoms with Crippen molar-refractivity contribution < 1.29 is 27.4 Å². The SMILES string of the molecule is COc1ccc(C(Cc2c(Cl)cncc2Cl)OC(=O)[C@@H]2CCCN2S(=O)(=O)c2ccccc2)cc1OC1CCCC1. The van der Waals surface area contributed by atoms with Gasteiger partial charge in [0.1, 0.15) is 12.1 Å². The molecular formula is C30H32Cl2N2O6S. The summed E-state index contributed by atoms with van der Waals surface area (Å²) in [6.07, 6.45) is 7.39. The van der Waals surface area contributed by atoms with Crippen molar-refractivity contribution >= 4 is 39.2 Å². The number of aromatic nitrogens is 1. The van der Waals surface area contributed by atoms with E-state index in [1.165, 1.54) is 28.8 Å². The van der Waals surface area contributed by atoms with E-state index in [0.717, 1.165) is 25.7 Å². The van der Waals surface area contributed by atoms with Gasteiger partial charge in [-0.1, -0.05) is 47.5 Å². The third-order valence-corrected chi connectivity index (χ3v) is 10.2. The molecule has 2 fully saturated rings. The van der Waals surface area contributed by atoms with Crippen LogP contribution in [0.15, 0.2) is 65.8 Å². The van der Waals surface area contributed by atoms with E-state index in [-0.39, 0.29) is 24.0 Å². The molecule has 0 N–H and O–H groups in total. The predicted molar refractivity (Wildman–Crippen MR) is 156 cm³/mol. The summed E-state index contributed by atoms with van der Waals surface area (Å²) in [5.41, 5.74) is 1.21. The standard InChI is InChI=1S/C30H32Cl2N2O6S/c1-38-27-14-13-20(16-29(27)39-21-8-5-6-9-21)28(17-23-24(31)18-33-19-25(23)32)40-30(35)26-12-7-15-34(26)41(36,37)22-10-3-2-4-11-22/h2-4,10-11,13-14,16,18-19,21,26,28H,5-9,12,15,17H2,1H3/t26-,28?/m0/s1. The van der Waals surface area contributed by atoms with Gasteiger partial charge >= 0.3 is 5.97 Å². The Labute approximate surface area is 250 Å². The quantitative estimate of drug-likeness (QED) is 0.243. The van der Waals surface area contributed by atoms with Crippen molar-refractivity contribution in [2.75, 3.05) is 13.7 Å². The zero-order valence-corrected chi connectivity index (χ0v) is 25.0. The van der Waals surface area contributed by atoms with Crippen molar-refractivity contribution in [1.29, 1.82) is 0 Å². The molecule has 11 heteroatoms. The van der Waals surface area contributed by atoms with Crippen molar-refractivity contribution in [2.45, 2.75) is 68.1 Å². The fraction of sp³-hybridized carbons (Fsp3) is 0.400. The first-order valence-corrected chi connectivity index (χ1v) is 15.9. The smallest absolute Gasteiger partial charge is 0.325 e. The maximum atomic E-state index is 13.7. The van der Waals surface area contributed by atoms with Gasteiger partial charge in [0, 0.05) is 25.4 Å². The van der Waals surface area contributed by atoms with Crippen LogP contribution in [0.3, 0.4) is 0 Å². The number of pyridine rings is 1. The molecule has 0 radical (unpaired) electrons. The second-order valence-corrected chi connectivity index (χ2v) is 12.9. The number of carbonyl (C=O) groups excluding carboxylic acids is 1. The number of esters is 1. The molecule has 2 heterocycles. The molecule has 1 unspecified atom stereocenters. The fourth-order valence-electron chi connectivity index (χ4n) is 5.43. The van der Waals surface area contributed by atoms with E-state index in [4.69, 9.17) is 37.4 Å². The molecule has 1 aliphatic heterocycles. The molecule has 1 aromatic heterocycles. The number of benzene rings is 2. The molecule has 41 heavy (non-hydrogen) atoms. The van der Waals surface area contributed by atoms with Crippen LogP contribution in [0.2, 0.25) is 10.0 Å². The molecule has 5 rings (SSSR count). The van der Waals surface area contributed by atoms with Gasteiger partial charge in [-0.3, -0.25) is 9.78 Å².